The average molecular weight is 754 g/mol. The van der Waals surface area contributed by atoms with Crippen LogP contribution in [0.4, 0.5) is 0 Å². The Morgan fingerprint density at radius 3 is 1.73 bits per heavy atom. The van der Waals surface area contributed by atoms with Crippen molar-refractivity contribution in [2.24, 2.45) is 5.73 Å². The number of nitrogens with zero attached hydrogens (tertiary/aromatic N) is 2. The van der Waals surface area contributed by atoms with Crippen molar-refractivity contribution in [2.75, 3.05) is 0 Å². The van der Waals surface area contributed by atoms with E-state index in [2.05, 4.69) is 187 Å². The maximum absolute atomic E-state index is 6.51. The molecule has 3 nitrogen and oxygen atoms in total. The van der Waals surface area contributed by atoms with Crippen LogP contribution in [0.2, 0.25) is 0 Å². The van der Waals surface area contributed by atoms with Gasteiger partial charge < -0.3 is 10.3 Å². The highest BCUT2D eigenvalue weighted by atomic mass is 15.0. The largest absolute Gasteiger partial charge is 0.397 e. The molecule has 0 aliphatic heterocycles. The Hall–Kier alpha value is -7.75. The molecule has 278 valence electrons. The number of benzene rings is 9. The number of aromatic nitrogens is 2. The molecule has 2 heterocycles. The van der Waals surface area contributed by atoms with Crippen molar-refractivity contribution >= 4 is 70.6 Å². The second kappa shape index (κ2) is 14.0. The fourth-order valence-electron chi connectivity index (χ4n) is 9.22. The maximum atomic E-state index is 6.51. The molecule has 0 fully saturated rings. The number of hydrogen-bond donors (Lipinski definition) is 1. The lowest BCUT2D eigenvalue weighted by Gasteiger charge is -2.19. The third-order valence-electron chi connectivity index (χ3n) is 11.9. The first kappa shape index (κ1) is 34.5. The van der Waals surface area contributed by atoms with Crippen LogP contribution >= 0.6 is 0 Å². The number of nitrogens with two attached hydrogens (primary N) is 1. The number of fused-ring (bicyclic) bond motifs is 8. The monoisotopic (exact) mass is 753 g/mol. The Bertz CT molecular complexity index is 3440. The first-order chi connectivity index (χ1) is 29.2. The first-order valence-electron chi connectivity index (χ1n) is 20.2. The van der Waals surface area contributed by atoms with Gasteiger partial charge in [-0.1, -0.05) is 158 Å². The van der Waals surface area contributed by atoms with Gasteiger partial charge in [0.15, 0.2) is 0 Å². The quantitative estimate of drug-likeness (QED) is 0.104. The number of allylic oxidation sites excluding steroid dienone is 3. The van der Waals surface area contributed by atoms with E-state index in [0.717, 1.165) is 44.3 Å². The second-order valence-corrected chi connectivity index (χ2v) is 15.2. The van der Waals surface area contributed by atoms with E-state index in [0.29, 0.717) is 5.70 Å². The maximum Gasteiger partial charge on any atom is 0.0866 e. The summed E-state index contributed by atoms with van der Waals surface area (Å²) in [5.41, 5.74) is 18.5. The Labute approximate surface area is 342 Å². The van der Waals surface area contributed by atoms with Gasteiger partial charge in [0, 0.05) is 16.5 Å². The SMILES string of the molecule is C/C=C\C=C(/N)c1cc2c3cc(-c4ccc(-c5c6ccccc6c(-c6cc7ccccc7c7ccccc67)c6ccccc56)cc4)ccc3n(-c3ccccc3)c2cn1. The summed E-state index contributed by atoms with van der Waals surface area (Å²) < 4.78 is 2.29. The van der Waals surface area contributed by atoms with Crippen LogP contribution in [0.3, 0.4) is 0 Å². The molecular formula is C56H39N3. The lowest BCUT2D eigenvalue weighted by Crippen LogP contribution is -1.99. The lowest BCUT2D eigenvalue weighted by molar-refractivity contribution is 1.16. The molecule has 0 bridgehead atoms. The van der Waals surface area contributed by atoms with Gasteiger partial charge in [0.2, 0.25) is 0 Å². The minimum Gasteiger partial charge on any atom is -0.397 e. The molecule has 0 amide bonds. The molecule has 59 heavy (non-hydrogen) atoms. The second-order valence-electron chi connectivity index (χ2n) is 15.2. The molecule has 0 saturated heterocycles. The van der Waals surface area contributed by atoms with Crippen LogP contribution in [0.1, 0.15) is 12.6 Å². The summed E-state index contributed by atoms with van der Waals surface area (Å²) in [5, 5.41) is 12.3. The fourth-order valence-corrected chi connectivity index (χ4v) is 9.22. The van der Waals surface area contributed by atoms with Gasteiger partial charge in [0.1, 0.15) is 0 Å². The van der Waals surface area contributed by atoms with Crippen molar-refractivity contribution in [3.8, 4) is 39.1 Å². The lowest BCUT2D eigenvalue weighted by atomic mass is 9.83. The standard InChI is InChI=1S/C56H39N3/c1-2-3-25-51(57)52-34-49-48-32-38(30-31-53(48)59(54(49)35-58-52)40-16-5-4-6-17-40)36-26-28-37(29-27-36)55-44-21-11-13-23-46(44)56(47-24-14-12-22-45(47)55)50-33-39-15-7-8-18-41(39)42-19-9-10-20-43(42)50/h2-35H,57H2,1H3/b3-2-,51-25-. The van der Waals surface area contributed by atoms with Gasteiger partial charge in [-0.15, -0.1) is 0 Å². The van der Waals surface area contributed by atoms with Crippen LogP contribution < -0.4 is 5.73 Å². The van der Waals surface area contributed by atoms with Crippen LogP contribution in [0.15, 0.2) is 206 Å². The number of para-hydroxylation sites is 1. The van der Waals surface area contributed by atoms with Gasteiger partial charge in [-0.3, -0.25) is 4.98 Å². The predicted molar refractivity (Wildman–Crippen MR) is 252 cm³/mol. The van der Waals surface area contributed by atoms with Gasteiger partial charge in [-0.2, -0.15) is 0 Å². The van der Waals surface area contributed by atoms with Gasteiger partial charge in [-0.05, 0) is 126 Å². The molecule has 2 aromatic heterocycles. The van der Waals surface area contributed by atoms with Crippen molar-refractivity contribution in [1.82, 2.24) is 9.55 Å². The molecule has 11 aromatic rings. The molecule has 0 radical (unpaired) electrons. The van der Waals surface area contributed by atoms with Crippen molar-refractivity contribution < 1.29 is 0 Å². The third kappa shape index (κ3) is 5.62. The number of hydrogen-bond acceptors (Lipinski definition) is 2. The van der Waals surface area contributed by atoms with E-state index in [-0.39, 0.29) is 0 Å². The van der Waals surface area contributed by atoms with E-state index < -0.39 is 0 Å². The van der Waals surface area contributed by atoms with Gasteiger partial charge in [0.25, 0.3) is 0 Å². The topological polar surface area (TPSA) is 43.8 Å². The minimum atomic E-state index is 0.635. The molecule has 0 unspecified atom stereocenters. The highest BCUT2D eigenvalue weighted by Crippen LogP contribution is 2.47. The van der Waals surface area contributed by atoms with Crippen LogP contribution in [-0.2, 0) is 0 Å². The Balaban J connectivity index is 1.08. The number of pyridine rings is 1. The normalized spacial score (nSPS) is 12.3. The smallest absolute Gasteiger partial charge is 0.0866 e. The highest BCUT2D eigenvalue weighted by Gasteiger charge is 2.20. The Kier molecular flexibility index (Phi) is 8.20. The van der Waals surface area contributed by atoms with Crippen LogP contribution in [0.25, 0.3) is 110 Å². The molecule has 9 aromatic carbocycles. The van der Waals surface area contributed by atoms with E-state index in [1.807, 2.05) is 31.3 Å². The molecule has 0 atom stereocenters. The average Bonchev–Trinajstić information content (AvgIpc) is 3.63. The molecular weight excluding hydrogens is 715 g/mol. The molecule has 3 heteroatoms. The van der Waals surface area contributed by atoms with Crippen LogP contribution in [-0.4, -0.2) is 9.55 Å². The van der Waals surface area contributed by atoms with E-state index >= 15 is 0 Å². The third-order valence-corrected chi connectivity index (χ3v) is 11.9. The van der Waals surface area contributed by atoms with Crippen LogP contribution in [0.5, 0.6) is 0 Å². The van der Waals surface area contributed by atoms with Gasteiger partial charge in [0.05, 0.1) is 28.6 Å². The molecule has 0 saturated carbocycles. The molecule has 2 N–H and O–H groups in total. The summed E-state index contributed by atoms with van der Waals surface area (Å²) in [4.78, 5) is 4.80. The Morgan fingerprint density at radius 2 is 1.03 bits per heavy atom. The van der Waals surface area contributed by atoms with E-state index in [1.54, 1.807) is 0 Å². The predicted octanol–water partition coefficient (Wildman–Crippen LogP) is 14.7. The zero-order chi connectivity index (χ0) is 39.5. The van der Waals surface area contributed by atoms with Crippen LogP contribution in [0, 0.1) is 0 Å². The van der Waals surface area contributed by atoms with Crippen molar-refractivity contribution in [3.63, 3.8) is 0 Å². The summed E-state index contributed by atoms with van der Waals surface area (Å²) in [6.07, 6.45) is 7.77. The van der Waals surface area contributed by atoms with Gasteiger partial charge in [-0.25, -0.2) is 0 Å². The van der Waals surface area contributed by atoms with Crippen molar-refractivity contribution in [3.05, 3.63) is 212 Å². The van der Waals surface area contributed by atoms with Crippen molar-refractivity contribution in [1.29, 1.82) is 0 Å². The van der Waals surface area contributed by atoms with E-state index in [4.69, 9.17) is 10.7 Å². The number of rotatable bonds is 6. The fraction of sp³-hybridized carbons (Fsp3) is 0.0179. The van der Waals surface area contributed by atoms with E-state index in [1.165, 1.54) is 65.3 Å². The van der Waals surface area contributed by atoms with E-state index in [9.17, 15) is 0 Å². The zero-order valence-corrected chi connectivity index (χ0v) is 32.6. The molecule has 11 rings (SSSR count). The van der Waals surface area contributed by atoms with Gasteiger partial charge >= 0.3 is 0 Å². The molecule has 0 aliphatic rings. The minimum absolute atomic E-state index is 0.635. The molecule has 0 aliphatic carbocycles. The molecule has 0 spiro atoms. The summed E-state index contributed by atoms with van der Waals surface area (Å²) in [7, 11) is 0. The zero-order valence-electron chi connectivity index (χ0n) is 32.6. The summed E-state index contributed by atoms with van der Waals surface area (Å²) >= 11 is 0. The summed E-state index contributed by atoms with van der Waals surface area (Å²) in [5.74, 6) is 0. The summed E-state index contributed by atoms with van der Waals surface area (Å²) in [6.45, 7) is 1.98. The first-order valence-corrected chi connectivity index (χ1v) is 20.2. The highest BCUT2D eigenvalue weighted by molar-refractivity contribution is 6.25. The Morgan fingerprint density at radius 1 is 0.475 bits per heavy atom. The summed E-state index contributed by atoms with van der Waals surface area (Å²) in [6, 6.07) is 66.4. The van der Waals surface area contributed by atoms with Crippen molar-refractivity contribution in [2.45, 2.75) is 6.92 Å².